The Hall–Kier alpha value is -7.57. The minimum absolute atomic E-state index is 0.331. The molecule has 0 bridgehead atoms. The fraction of sp³-hybridized carbons (Fsp3) is 0. The third-order valence-electron chi connectivity index (χ3n) is 9.88. The van der Waals surface area contributed by atoms with E-state index in [1.54, 1.807) is 36.9 Å². The molecule has 0 unspecified atom stereocenters. The summed E-state index contributed by atoms with van der Waals surface area (Å²) < 4.78 is 34.0. The van der Waals surface area contributed by atoms with E-state index in [1.807, 2.05) is 97.1 Å². The van der Waals surface area contributed by atoms with Gasteiger partial charge in [0.2, 0.25) is 0 Å². The first-order valence-corrected chi connectivity index (χ1v) is 17.2. The van der Waals surface area contributed by atoms with Crippen molar-refractivity contribution in [3.63, 3.8) is 0 Å². The van der Waals surface area contributed by atoms with E-state index in [2.05, 4.69) is 35.1 Å². The molecule has 4 aromatic heterocycles. The molecule has 0 saturated heterocycles. The van der Waals surface area contributed by atoms with Crippen LogP contribution in [0.15, 0.2) is 152 Å². The summed E-state index contributed by atoms with van der Waals surface area (Å²) in [4.78, 5) is 18.0. The highest BCUT2D eigenvalue weighted by molar-refractivity contribution is 6.12. The lowest BCUT2D eigenvalue weighted by molar-refractivity contribution is 0.584. The number of aromatic nitrogens is 6. The van der Waals surface area contributed by atoms with Gasteiger partial charge in [-0.1, -0.05) is 60.7 Å². The smallest absolute Gasteiger partial charge is 0.159 e. The van der Waals surface area contributed by atoms with Crippen molar-refractivity contribution in [2.24, 2.45) is 0 Å². The van der Waals surface area contributed by atoms with E-state index in [1.165, 1.54) is 12.1 Å². The maximum atomic E-state index is 14.9. The van der Waals surface area contributed by atoms with Crippen LogP contribution in [0.2, 0.25) is 0 Å². The van der Waals surface area contributed by atoms with Gasteiger partial charge < -0.3 is 9.13 Å². The highest BCUT2D eigenvalue weighted by atomic mass is 19.1. The Balaban J connectivity index is 1.35. The van der Waals surface area contributed by atoms with Crippen LogP contribution in [0.5, 0.6) is 0 Å². The molecule has 6 aromatic carbocycles. The predicted octanol–water partition coefficient (Wildman–Crippen LogP) is 10.6. The molecule has 0 spiro atoms. The van der Waals surface area contributed by atoms with Crippen LogP contribution in [0.25, 0.3) is 88.9 Å². The topological polar surface area (TPSA) is 85.2 Å². The second-order valence-corrected chi connectivity index (χ2v) is 13.0. The Morgan fingerprint density at radius 1 is 0.426 bits per heavy atom. The molecule has 0 saturated carbocycles. The molecule has 7 nitrogen and oxygen atoms in total. The molecule has 10 aromatic rings. The molecule has 0 amide bonds. The molecular formula is C45H25F2N7. The average Bonchev–Trinajstić information content (AvgIpc) is 3.72. The molecule has 254 valence electrons. The molecular weight excluding hydrogens is 677 g/mol. The van der Waals surface area contributed by atoms with Crippen LogP contribution in [0.1, 0.15) is 5.56 Å². The van der Waals surface area contributed by atoms with Crippen LogP contribution in [-0.4, -0.2) is 29.1 Å². The van der Waals surface area contributed by atoms with Crippen molar-refractivity contribution < 1.29 is 8.78 Å². The normalized spacial score (nSPS) is 11.5. The fourth-order valence-electron chi connectivity index (χ4n) is 7.60. The lowest BCUT2D eigenvalue weighted by atomic mass is 9.99. The van der Waals surface area contributed by atoms with Crippen molar-refractivity contribution in [3.8, 4) is 51.3 Å². The molecule has 0 aliphatic carbocycles. The van der Waals surface area contributed by atoms with Crippen molar-refractivity contribution >= 4 is 43.6 Å². The Morgan fingerprint density at radius 3 is 1.31 bits per heavy atom. The maximum absolute atomic E-state index is 14.9. The Labute approximate surface area is 306 Å². The summed E-state index contributed by atoms with van der Waals surface area (Å²) in [6.07, 6.45) is 6.80. The molecule has 54 heavy (non-hydrogen) atoms. The van der Waals surface area contributed by atoms with E-state index in [-0.39, 0.29) is 0 Å². The quantitative estimate of drug-likeness (QED) is 0.178. The van der Waals surface area contributed by atoms with E-state index in [0.717, 1.165) is 60.8 Å². The minimum atomic E-state index is -0.703. The lowest BCUT2D eigenvalue weighted by Crippen LogP contribution is -2.05. The van der Waals surface area contributed by atoms with Gasteiger partial charge in [-0.15, -0.1) is 0 Å². The standard InChI is InChI=1S/C45H25F2N7/c46-31-19-29(20-32(47)25-31)30-23-42(53-38-9-3-1-7-33(38)35-13-11-27(21-40(35)53)44-49-15-5-16-50-44)37(26-48)43(24-30)54-39-10-4-2-8-34(39)36-14-12-28(22-41(36)54)45-51-17-6-18-52-45/h1-25H. The van der Waals surface area contributed by atoms with Crippen LogP contribution in [-0.2, 0) is 0 Å². The predicted molar refractivity (Wildman–Crippen MR) is 207 cm³/mol. The molecule has 10 rings (SSSR count). The number of hydrogen-bond donors (Lipinski definition) is 0. The molecule has 0 N–H and O–H groups in total. The van der Waals surface area contributed by atoms with Crippen LogP contribution in [0, 0.1) is 23.0 Å². The first kappa shape index (κ1) is 31.2. The molecule has 0 aliphatic rings. The summed E-state index contributed by atoms with van der Waals surface area (Å²) in [7, 11) is 0. The number of rotatable bonds is 5. The van der Waals surface area contributed by atoms with Crippen LogP contribution < -0.4 is 0 Å². The van der Waals surface area contributed by atoms with Gasteiger partial charge in [0.25, 0.3) is 0 Å². The average molecular weight is 702 g/mol. The Bertz CT molecular complexity index is 2950. The van der Waals surface area contributed by atoms with Gasteiger partial charge in [-0.05, 0) is 71.8 Å². The fourth-order valence-corrected chi connectivity index (χ4v) is 7.60. The van der Waals surface area contributed by atoms with E-state index in [0.29, 0.717) is 39.7 Å². The van der Waals surface area contributed by atoms with Gasteiger partial charge in [0.1, 0.15) is 23.3 Å². The zero-order chi connectivity index (χ0) is 36.3. The zero-order valence-corrected chi connectivity index (χ0v) is 28.3. The van der Waals surface area contributed by atoms with E-state index < -0.39 is 11.6 Å². The molecule has 0 radical (unpaired) electrons. The number of nitriles is 1. The van der Waals surface area contributed by atoms with Crippen LogP contribution in [0.4, 0.5) is 8.78 Å². The van der Waals surface area contributed by atoms with Gasteiger partial charge in [-0.2, -0.15) is 5.26 Å². The second kappa shape index (κ2) is 12.3. The maximum Gasteiger partial charge on any atom is 0.159 e. The SMILES string of the molecule is N#Cc1c(-n2c3ccccc3c3ccc(-c4ncccn4)cc32)cc(-c2cc(F)cc(F)c2)cc1-n1c2ccccc2c2ccc(-c3ncccn3)cc21. The summed E-state index contributed by atoms with van der Waals surface area (Å²) in [5, 5.41) is 15.1. The molecule has 4 heterocycles. The van der Waals surface area contributed by atoms with Gasteiger partial charge in [-0.3, -0.25) is 0 Å². The Morgan fingerprint density at radius 2 is 0.852 bits per heavy atom. The molecule has 0 aliphatic heterocycles. The van der Waals surface area contributed by atoms with E-state index in [9.17, 15) is 14.0 Å². The minimum Gasteiger partial charge on any atom is -0.308 e. The zero-order valence-electron chi connectivity index (χ0n) is 28.3. The van der Waals surface area contributed by atoms with Crippen molar-refractivity contribution in [1.82, 2.24) is 29.1 Å². The van der Waals surface area contributed by atoms with E-state index >= 15 is 0 Å². The van der Waals surface area contributed by atoms with Crippen molar-refractivity contribution in [2.45, 2.75) is 0 Å². The summed E-state index contributed by atoms with van der Waals surface area (Å²) in [6, 6.07) is 41.3. The van der Waals surface area contributed by atoms with Crippen LogP contribution in [0.3, 0.4) is 0 Å². The highest BCUT2D eigenvalue weighted by Crippen LogP contribution is 2.41. The number of hydrogen-bond acceptors (Lipinski definition) is 5. The van der Waals surface area contributed by atoms with Crippen molar-refractivity contribution in [3.05, 3.63) is 169 Å². The molecule has 9 heteroatoms. The molecule has 0 fully saturated rings. The second-order valence-electron chi connectivity index (χ2n) is 13.0. The van der Waals surface area contributed by atoms with Crippen LogP contribution >= 0.6 is 0 Å². The number of halogens is 2. The summed E-state index contributed by atoms with van der Waals surface area (Å²) in [5.74, 6) is -0.285. The van der Waals surface area contributed by atoms with Crippen molar-refractivity contribution in [1.29, 1.82) is 5.26 Å². The highest BCUT2D eigenvalue weighted by Gasteiger charge is 2.23. The monoisotopic (exact) mass is 701 g/mol. The van der Waals surface area contributed by atoms with Gasteiger partial charge in [-0.25, -0.2) is 28.7 Å². The third-order valence-corrected chi connectivity index (χ3v) is 9.88. The van der Waals surface area contributed by atoms with Gasteiger partial charge in [0.15, 0.2) is 11.6 Å². The molecule has 0 atom stereocenters. The first-order chi connectivity index (χ1) is 26.6. The van der Waals surface area contributed by atoms with Gasteiger partial charge in [0, 0.05) is 63.5 Å². The number of para-hydroxylation sites is 2. The Kier molecular flexibility index (Phi) is 7.10. The summed E-state index contributed by atoms with van der Waals surface area (Å²) in [5.41, 5.74) is 7.25. The number of fused-ring (bicyclic) bond motifs is 6. The van der Waals surface area contributed by atoms with Crippen molar-refractivity contribution in [2.75, 3.05) is 0 Å². The summed E-state index contributed by atoms with van der Waals surface area (Å²) in [6.45, 7) is 0. The summed E-state index contributed by atoms with van der Waals surface area (Å²) >= 11 is 0. The first-order valence-electron chi connectivity index (χ1n) is 17.2. The lowest BCUT2D eigenvalue weighted by Gasteiger charge is -2.19. The number of nitrogens with zero attached hydrogens (tertiary/aromatic N) is 7. The van der Waals surface area contributed by atoms with Gasteiger partial charge >= 0.3 is 0 Å². The van der Waals surface area contributed by atoms with Gasteiger partial charge in [0.05, 0.1) is 33.4 Å². The largest absolute Gasteiger partial charge is 0.308 e. The van der Waals surface area contributed by atoms with E-state index in [4.69, 9.17) is 0 Å². The third kappa shape index (κ3) is 4.93. The number of benzene rings is 6.